The van der Waals surface area contributed by atoms with Crippen LogP contribution in [0.5, 0.6) is 0 Å². The third-order valence-electron chi connectivity index (χ3n) is 3.61. The van der Waals surface area contributed by atoms with Gasteiger partial charge >= 0.3 is 6.03 Å². The number of nitrogens with zero attached hydrogens (tertiary/aromatic N) is 1. The van der Waals surface area contributed by atoms with E-state index in [2.05, 4.69) is 18.2 Å². The van der Waals surface area contributed by atoms with Crippen LogP contribution in [0, 0.1) is 0 Å². The first-order valence-electron chi connectivity index (χ1n) is 5.34. The van der Waals surface area contributed by atoms with Crippen LogP contribution < -0.4 is 5.73 Å². The smallest absolute Gasteiger partial charge is 0.315 e. The predicted molar refractivity (Wildman–Crippen MR) is 57.3 cm³/mol. The standard InChI is InChI=1S/C12H14N2O/c13-11(15)14-7-9-3-1-2-4-10(9)12(8-14)5-6-12/h1-4H,5-8H2,(H2,13,15). The highest BCUT2D eigenvalue weighted by atomic mass is 16.2. The summed E-state index contributed by atoms with van der Waals surface area (Å²) in [6.07, 6.45) is 2.38. The Hall–Kier alpha value is -1.51. The molecule has 2 amide bonds. The summed E-state index contributed by atoms with van der Waals surface area (Å²) in [7, 11) is 0. The third kappa shape index (κ3) is 1.23. The molecule has 0 unspecified atom stereocenters. The second-order valence-corrected chi connectivity index (χ2v) is 4.63. The summed E-state index contributed by atoms with van der Waals surface area (Å²) in [6.45, 7) is 1.48. The van der Waals surface area contributed by atoms with Crippen molar-refractivity contribution in [3.05, 3.63) is 35.4 Å². The lowest BCUT2D eigenvalue weighted by atomic mass is 9.87. The van der Waals surface area contributed by atoms with Gasteiger partial charge in [0.05, 0.1) is 0 Å². The second-order valence-electron chi connectivity index (χ2n) is 4.63. The molecule has 1 spiro atoms. The number of amides is 2. The van der Waals surface area contributed by atoms with Crippen LogP contribution in [0.4, 0.5) is 4.79 Å². The van der Waals surface area contributed by atoms with Gasteiger partial charge in [-0.25, -0.2) is 4.79 Å². The molecule has 1 saturated carbocycles. The van der Waals surface area contributed by atoms with Crippen molar-refractivity contribution in [2.45, 2.75) is 24.8 Å². The van der Waals surface area contributed by atoms with Crippen molar-refractivity contribution in [3.8, 4) is 0 Å². The molecule has 3 heteroatoms. The van der Waals surface area contributed by atoms with E-state index in [1.807, 2.05) is 6.07 Å². The predicted octanol–water partition coefficient (Wildman–Crippen LogP) is 1.61. The molecular formula is C12H14N2O. The fraction of sp³-hybridized carbons (Fsp3) is 0.417. The maximum atomic E-state index is 11.2. The summed E-state index contributed by atoms with van der Waals surface area (Å²) >= 11 is 0. The number of primary amides is 1. The molecule has 1 fully saturated rings. The summed E-state index contributed by atoms with van der Waals surface area (Å²) < 4.78 is 0. The lowest BCUT2D eigenvalue weighted by Gasteiger charge is -2.33. The van der Waals surface area contributed by atoms with Crippen molar-refractivity contribution in [3.63, 3.8) is 0 Å². The minimum absolute atomic E-state index is 0.240. The van der Waals surface area contributed by atoms with Crippen LogP contribution in [0.15, 0.2) is 24.3 Å². The van der Waals surface area contributed by atoms with E-state index in [-0.39, 0.29) is 11.4 Å². The Morgan fingerprint density at radius 3 is 2.73 bits per heavy atom. The lowest BCUT2D eigenvalue weighted by molar-refractivity contribution is 0.193. The SMILES string of the molecule is NC(=O)N1Cc2ccccc2C2(CC2)C1. The van der Waals surface area contributed by atoms with Crippen LogP contribution in [0.3, 0.4) is 0 Å². The van der Waals surface area contributed by atoms with Crippen LogP contribution in [0.2, 0.25) is 0 Å². The fourth-order valence-electron chi connectivity index (χ4n) is 2.62. The van der Waals surface area contributed by atoms with Crippen molar-refractivity contribution >= 4 is 6.03 Å². The Kier molecular flexibility index (Phi) is 1.61. The number of fused-ring (bicyclic) bond motifs is 2. The van der Waals surface area contributed by atoms with E-state index in [1.165, 1.54) is 24.0 Å². The zero-order valence-corrected chi connectivity index (χ0v) is 8.57. The van der Waals surface area contributed by atoms with Crippen molar-refractivity contribution in [2.24, 2.45) is 5.73 Å². The number of hydrogen-bond donors (Lipinski definition) is 1. The van der Waals surface area contributed by atoms with Gasteiger partial charge in [-0.15, -0.1) is 0 Å². The van der Waals surface area contributed by atoms with E-state index in [1.54, 1.807) is 4.90 Å². The molecule has 0 saturated heterocycles. The van der Waals surface area contributed by atoms with Crippen LogP contribution in [-0.2, 0) is 12.0 Å². The van der Waals surface area contributed by atoms with Crippen molar-refractivity contribution in [1.82, 2.24) is 4.90 Å². The average Bonchev–Trinajstić information content (AvgIpc) is 2.99. The highest BCUT2D eigenvalue weighted by molar-refractivity contribution is 5.73. The molecule has 1 aliphatic carbocycles. The molecule has 0 aromatic heterocycles. The molecular weight excluding hydrogens is 188 g/mol. The van der Waals surface area contributed by atoms with Gasteiger partial charge in [-0.05, 0) is 24.0 Å². The first-order chi connectivity index (χ1) is 7.21. The van der Waals surface area contributed by atoms with Gasteiger partial charge in [0.15, 0.2) is 0 Å². The number of carbonyl (C=O) groups excluding carboxylic acids is 1. The Balaban J connectivity index is 2.04. The maximum absolute atomic E-state index is 11.2. The largest absolute Gasteiger partial charge is 0.351 e. The first kappa shape index (κ1) is 8.77. The minimum atomic E-state index is -0.296. The molecule has 3 rings (SSSR count). The van der Waals surface area contributed by atoms with Gasteiger partial charge in [0.1, 0.15) is 0 Å². The van der Waals surface area contributed by atoms with Crippen LogP contribution in [0.1, 0.15) is 24.0 Å². The molecule has 15 heavy (non-hydrogen) atoms. The number of hydrogen-bond acceptors (Lipinski definition) is 1. The summed E-state index contributed by atoms with van der Waals surface area (Å²) in [6, 6.07) is 8.11. The van der Waals surface area contributed by atoms with Gasteiger partial charge in [-0.2, -0.15) is 0 Å². The molecule has 0 radical (unpaired) electrons. The Bertz CT molecular complexity index is 423. The molecule has 1 aromatic rings. The van der Waals surface area contributed by atoms with E-state index in [4.69, 9.17) is 5.73 Å². The van der Waals surface area contributed by atoms with Crippen LogP contribution in [-0.4, -0.2) is 17.5 Å². The molecule has 1 heterocycles. The molecule has 78 valence electrons. The van der Waals surface area contributed by atoms with E-state index in [0.717, 1.165) is 6.54 Å². The Morgan fingerprint density at radius 2 is 2.07 bits per heavy atom. The van der Waals surface area contributed by atoms with E-state index in [9.17, 15) is 4.79 Å². The van der Waals surface area contributed by atoms with Gasteiger partial charge in [-0.3, -0.25) is 0 Å². The zero-order chi connectivity index (χ0) is 10.5. The van der Waals surface area contributed by atoms with Crippen molar-refractivity contribution in [1.29, 1.82) is 0 Å². The van der Waals surface area contributed by atoms with Gasteiger partial charge in [0.2, 0.25) is 0 Å². The van der Waals surface area contributed by atoms with Crippen LogP contribution in [0.25, 0.3) is 0 Å². The van der Waals surface area contributed by atoms with Gasteiger partial charge in [0, 0.05) is 18.5 Å². The first-order valence-corrected chi connectivity index (χ1v) is 5.34. The Morgan fingerprint density at radius 1 is 1.33 bits per heavy atom. The number of carbonyl (C=O) groups is 1. The lowest BCUT2D eigenvalue weighted by Crippen LogP contribution is -2.44. The number of urea groups is 1. The molecule has 2 aliphatic rings. The normalized spacial score (nSPS) is 21.2. The number of rotatable bonds is 0. The summed E-state index contributed by atoms with van der Waals surface area (Å²) in [5, 5.41) is 0. The molecule has 1 aliphatic heterocycles. The molecule has 1 aromatic carbocycles. The van der Waals surface area contributed by atoms with Crippen molar-refractivity contribution < 1.29 is 4.79 Å². The van der Waals surface area contributed by atoms with Crippen molar-refractivity contribution in [2.75, 3.05) is 6.54 Å². The molecule has 0 atom stereocenters. The number of benzene rings is 1. The average molecular weight is 202 g/mol. The van der Waals surface area contributed by atoms with Gasteiger partial charge < -0.3 is 10.6 Å². The van der Waals surface area contributed by atoms with E-state index >= 15 is 0 Å². The molecule has 2 N–H and O–H groups in total. The second kappa shape index (κ2) is 2.75. The number of nitrogens with two attached hydrogens (primary N) is 1. The topological polar surface area (TPSA) is 46.3 Å². The quantitative estimate of drug-likeness (QED) is 0.682. The monoisotopic (exact) mass is 202 g/mol. The third-order valence-corrected chi connectivity index (χ3v) is 3.61. The molecule has 0 bridgehead atoms. The van der Waals surface area contributed by atoms with Gasteiger partial charge in [0.25, 0.3) is 0 Å². The fourth-order valence-corrected chi connectivity index (χ4v) is 2.62. The highest BCUT2D eigenvalue weighted by Crippen LogP contribution is 2.52. The van der Waals surface area contributed by atoms with E-state index < -0.39 is 0 Å². The van der Waals surface area contributed by atoms with Crippen LogP contribution >= 0.6 is 0 Å². The highest BCUT2D eigenvalue weighted by Gasteiger charge is 2.49. The maximum Gasteiger partial charge on any atom is 0.315 e. The van der Waals surface area contributed by atoms with Gasteiger partial charge in [-0.1, -0.05) is 24.3 Å². The van der Waals surface area contributed by atoms with E-state index in [0.29, 0.717) is 6.54 Å². The molecule has 3 nitrogen and oxygen atoms in total. The zero-order valence-electron chi connectivity index (χ0n) is 8.57. The summed E-state index contributed by atoms with van der Waals surface area (Å²) in [4.78, 5) is 13.0. The minimum Gasteiger partial charge on any atom is -0.351 e. The Labute approximate surface area is 88.9 Å². The summed E-state index contributed by atoms with van der Waals surface area (Å²) in [5.41, 5.74) is 8.30. The summed E-state index contributed by atoms with van der Waals surface area (Å²) in [5.74, 6) is 0.